The van der Waals surface area contributed by atoms with Crippen LogP contribution in [0.4, 0.5) is 0 Å². The van der Waals surface area contributed by atoms with Crippen molar-refractivity contribution in [1.29, 1.82) is 5.41 Å². The Hall–Kier alpha value is -0.630. The van der Waals surface area contributed by atoms with Gasteiger partial charge in [0.15, 0.2) is 0 Å². The third-order valence-electron chi connectivity index (χ3n) is 0.954. The zero-order chi connectivity index (χ0) is 7.98. The van der Waals surface area contributed by atoms with Gasteiger partial charge in [0.2, 0.25) is 0 Å². The molecule has 0 saturated carbocycles. The number of hydrogen-bond donors (Lipinski definition) is 1. The molecule has 0 aromatic carbocycles. The molecule has 0 aliphatic heterocycles. The molecule has 0 spiro atoms. The summed E-state index contributed by atoms with van der Waals surface area (Å²) in [5, 5.41) is 11.1. The summed E-state index contributed by atoms with van der Waals surface area (Å²) >= 11 is 1.63. The van der Waals surface area contributed by atoms with Crippen molar-refractivity contribution in [2.24, 2.45) is 0 Å². The lowest BCUT2D eigenvalue weighted by atomic mass is 10.2. The van der Waals surface area contributed by atoms with E-state index in [2.05, 4.69) is 0 Å². The van der Waals surface area contributed by atoms with Gasteiger partial charge in [-0.3, -0.25) is 0 Å². The van der Waals surface area contributed by atoms with Gasteiger partial charge >= 0.3 is 0 Å². The van der Waals surface area contributed by atoms with Crippen LogP contribution in [0.2, 0.25) is 0 Å². The van der Waals surface area contributed by atoms with Gasteiger partial charge in [0.25, 0.3) is 0 Å². The minimum Gasteiger partial charge on any atom is -0.305 e. The predicted octanol–water partition coefficient (Wildman–Crippen LogP) is 3.16. The van der Waals surface area contributed by atoms with Crippen molar-refractivity contribution in [3.63, 3.8) is 0 Å². The molecule has 1 rings (SSSR count). The first-order chi connectivity index (χ1) is 4.80. The van der Waals surface area contributed by atoms with Crippen LogP contribution in [-0.4, -0.2) is 5.71 Å². The first kappa shape index (κ1) is 9.37. The predicted molar refractivity (Wildman–Crippen MR) is 48.2 cm³/mol. The second-order valence-corrected chi connectivity index (χ2v) is 2.42. The Kier molecular flexibility index (Phi) is 4.85. The van der Waals surface area contributed by atoms with Gasteiger partial charge in [0.1, 0.15) is 0 Å². The molecule has 0 atom stereocenters. The number of nitrogens with one attached hydrogen (secondary N) is 1. The van der Waals surface area contributed by atoms with Crippen molar-refractivity contribution in [3.05, 3.63) is 22.4 Å². The molecule has 56 valence electrons. The standard InChI is InChI=1S/C6H7NS.C2H6/c1-5(7)6-2-3-8-4-6;1-2/h2-4,7H,1H3;1-2H3. The molecule has 0 aliphatic carbocycles. The monoisotopic (exact) mass is 155 g/mol. The first-order valence-electron chi connectivity index (χ1n) is 3.38. The maximum absolute atomic E-state index is 7.16. The van der Waals surface area contributed by atoms with E-state index in [1.165, 1.54) is 0 Å². The molecular formula is C8H13NS. The Morgan fingerprint density at radius 2 is 2.10 bits per heavy atom. The number of rotatable bonds is 1. The molecule has 0 amide bonds. The van der Waals surface area contributed by atoms with Gasteiger partial charge in [-0.25, -0.2) is 0 Å². The summed E-state index contributed by atoms with van der Waals surface area (Å²) < 4.78 is 0. The van der Waals surface area contributed by atoms with Gasteiger partial charge < -0.3 is 5.41 Å². The van der Waals surface area contributed by atoms with Crippen LogP contribution < -0.4 is 0 Å². The Morgan fingerprint density at radius 1 is 1.50 bits per heavy atom. The fourth-order valence-electron chi connectivity index (χ4n) is 0.478. The summed E-state index contributed by atoms with van der Waals surface area (Å²) in [4.78, 5) is 0. The second kappa shape index (κ2) is 5.18. The van der Waals surface area contributed by atoms with Crippen molar-refractivity contribution in [2.45, 2.75) is 20.8 Å². The van der Waals surface area contributed by atoms with E-state index in [-0.39, 0.29) is 0 Å². The molecule has 1 aromatic heterocycles. The molecule has 1 nitrogen and oxygen atoms in total. The van der Waals surface area contributed by atoms with E-state index >= 15 is 0 Å². The van der Waals surface area contributed by atoms with Crippen LogP contribution in [-0.2, 0) is 0 Å². The molecule has 0 bridgehead atoms. The Bertz CT molecular complexity index is 177. The van der Waals surface area contributed by atoms with Gasteiger partial charge in [0.05, 0.1) is 0 Å². The average molecular weight is 155 g/mol. The van der Waals surface area contributed by atoms with E-state index in [1.54, 1.807) is 18.3 Å². The van der Waals surface area contributed by atoms with E-state index < -0.39 is 0 Å². The van der Waals surface area contributed by atoms with Gasteiger partial charge in [-0.1, -0.05) is 13.8 Å². The summed E-state index contributed by atoms with van der Waals surface area (Å²) in [7, 11) is 0. The highest BCUT2D eigenvalue weighted by atomic mass is 32.1. The molecule has 2 heteroatoms. The van der Waals surface area contributed by atoms with Crippen molar-refractivity contribution in [2.75, 3.05) is 0 Å². The molecule has 10 heavy (non-hydrogen) atoms. The van der Waals surface area contributed by atoms with Gasteiger partial charge in [0, 0.05) is 11.3 Å². The van der Waals surface area contributed by atoms with Crippen molar-refractivity contribution in [3.8, 4) is 0 Å². The molecule has 0 radical (unpaired) electrons. The average Bonchev–Trinajstić information content (AvgIpc) is 2.42. The Balaban J connectivity index is 0.000000371. The van der Waals surface area contributed by atoms with E-state index in [1.807, 2.05) is 30.7 Å². The Morgan fingerprint density at radius 3 is 2.30 bits per heavy atom. The Labute approximate surface area is 66.2 Å². The largest absolute Gasteiger partial charge is 0.305 e. The first-order valence-corrected chi connectivity index (χ1v) is 4.32. The minimum atomic E-state index is 0.645. The van der Waals surface area contributed by atoms with Crippen LogP contribution in [0.1, 0.15) is 26.3 Å². The molecule has 1 N–H and O–H groups in total. The SMILES string of the molecule is CC.CC(=N)c1ccsc1. The highest BCUT2D eigenvalue weighted by molar-refractivity contribution is 7.08. The van der Waals surface area contributed by atoms with Crippen LogP contribution in [0.3, 0.4) is 0 Å². The fourth-order valence-corrected chi connectivity index (χ4v) is 1.18. The molecule has 0 aliphatic rings. The molecule has 0 fully saturated rings. The summed E-state index contributed by atoms with van der Waals surface area (Å²) in [5.41, 5.74) is 1.68. The molecule has 0 unspecified atom stereocenters. The van der Waals surface area contributed by atoms with Crippen LogP contribution >= 0.6 is 11.3 Å². The summed E-state index contributed by atoms with van der Waals surface area (Å²) in [6.45, 7) is 5.79. The lowest BCUT2D eigenvalue weighted by Gasteiger charge is -1.84. The van der Waals surface area contributed by atoms with E-state index in [4.69, 9.17) is 5.41 Å². The highest BCUT2D eigenvalue weighted by Gasteiger charge is 1.90. The van der Waals surface area contributed by atoms with Gasteiger partial charge in [-0.15, -0.1) is 0 Å². The highest BCUT2D eigenvalue weighted by Crippen LogP contribution is 2.05. The molecule has 0 saturated heterocycles. The summed E-state index contributed by atoms with van der Waals surface area (Å²) in [6.07, 6.45) is 0. The maximum atomic E-state index is 7.16. The smallest absolute Gasteiger partial charge is 0.0363 e. The second-order valence-electron chi connectivity index (χ2n) is 1.64. The third kappa shape index (κ3) is 2.78. The summed E-state index contributed by atoms with van der Waals surface area (Å²) in [6, 6.07) is 1.95. The fraction of sp³-hybridized carbons (Fsp3) is 0.375. The quantitative estimate of drug-likeness (QED) is 0.602. The summed E-state index contributed by atoms with van der Waals surface area (Å²) in [5.74, 6) is 0. The van der Waals surface area contributed by atoms with Gasteiger partial charge in [-0.05, 0) is 23.8 Å². The van der Waals surface area contributed by atoms with Crippen LogP contribution in [0, 0.1) is 5.41 Å². The normalized spacial score (nSPS) is 7.90. The van der Waals surface area contributed by atoms with Crippen molar-refractivity contribution < 1.29 is 0 Å². The van der Waals surface area contributed by atoms with Gasteiger partial charge in [-0.2, -0.15) is 11.3 Å². The van der Waals surface area contributed by atoms with E-state index in [0.717, 1.165) is 5.56 Å². The zero-order valence-corrected chi connectivity index (χ0v) is 7.46. The van der Waals surface area contributed by atoms with Crippen LogP contribution in [0.15, 0.2) is 16.8 Å². The lowest BCUT2D eigenvalue weighted by Crippen LogP contribution is -1.85. The minimum absolute atomic E-state index is 0.645. The molecule has 1 aromatic rings. The van der Waals surface area contributed by atoms with Crippen molar-refractivity contribution in [1.82, 2.24) is 0 Å². The van der Waals surface area contributed by atoms with E-state index in [9.17, 15) is 0 Å². The lowest BCUT2D eigenvalue weighted by molar-refractivity contribution is 1.47. The maximum Gasteiger partial charge on any atom is 0.0363 e. The topological polar surface area (TPSA) is 23.9 Å². The molecule has 1 heterocycles. The van der Waals surface area contributed by atoms with Crippen molar-refractivity contribution >= 4 is 17.0 Å². The molecular weight excluding hydrogens is 142 g/mol. The van der Waals surface area contributed by atoms with Crippen LogP contribution in [0.5, 0.6) is 0 Å². The van der Waals surface area contributed by atoms with E-state index in [0.29, 0.717) is 5.71 Å². The third-order valence-corrected chi connectivity index (χ3v) is 1.64. The number of thiophene rings is 1. The number of hydrogen-bond acceptors (Lipinski definition) is 2. The van der Waals surface area contributed by atoms with Crippen LogP contribution in [0.25, 0.3) is 0 Å². The zero-order valence-electron chi connectivity index (χ0n) is 6.64.